The summed E-state index contributed by atoms with van der Waals surface area (Å²) in [6, 6.07) is 5.94. The number of anilines is 2. The Morgan fingerprint density at radius 3 is 2.60 bits per heavy atom. The molecule has 0 saturated carbocycles. The van der Waals surface area contributed by atoms with Gasteiger partial charge in [-0.15, -0.1) is 0 Å². The first-order valence-corrected chi connectivity index (χ1v) is 10.8. The third-order valence-electron chi connectivity index (χ3n) is 5.81. The van der Waals surface area contributed by atoms with Gasteiger partial charge in [-0.25, -0.2) is 9.97 Å². The van der Waals surface area contributed by atoms with Crippen molar-refractivity contribution < 1.29 is 9.53 Å². The van der Waals surface area contributed by atoms with Crippen LogP contribution in [0.1, 0.15) is 36.6 Å². The first-order valence-electron chi connectivity index (χ1n) is 10.8. The molecule has 1 amide bonds. The lowest BCUT2D eigenvalue weighted by atomic mass is 9.92. The highest BCUT2D eigenvalue weighted by molar-refractivity contribution is 5.76. The van der Waals surface area contributed by atoms with Gasteiger partial charge in [0.05, 0.1) is 13.2 Å². The number of pyridine rings is 1. The second-order valence-corrected chi connectivity index (χ2v) is 7.98. The Morgan fingerprint density at radius 2 is 1.87 bits per heavy atom. The molecule has 4 rings (SSSR count). The number of carbonyl (C=O) groups is 1. The van der Waals surface area contributed by atoms with Gasteiger partial charge in [-0.2, -0.15) is 0 Å². The Balaban J connectivity index is 1.29. The minimum atomic E-state index is 0.250. The zero-order chi connectivity index (χ0) is 20.8. The van der Waals surface area contributed by atoms with E-state index in [4.69, 9.17) is 9.72 Å². The summed E-state index contributed by atoms with van der Waals surface area (Å²) in [5.41, 5.74) is 3.09. The molecule has 0 atom stereocenters. The van der Waals surface area contributed by atoms with E-state index in [1.807, 2.05) is 17.9 Å². The van der Waals surface area contributed by atoms with Gasteiger partial charge in [0.15, 0.2) is 0 Å². The van der Waals surface area contributed by atoms with Gasteiger partial charge in [-0.1, -0.05) is 0 Å². The Labute approximate surface area is 177 Å². The average molecular weight is 411 g/mol. The van der Waals surface area contributed by atoms with Crippen LogP contribution in [0.3, 0.4) is 0 Å². The molecule has 2 aromatic rings. The van der Waals surface area contributed by atoms with Crippen molar-refractivity contribution in [3.63, 3.8) is 0 Å². The maximum Gasteiger partial charge on any atom is 0.227 e. The smallest absolute Gasteiger partial charge is 0.227 e. The first kappa shape index (κ1) is 20.7. The predicted octanol–water partition coefficient (Wildman–Crippen LogP) is 2.35. The Morgan fingerprint density at radius 1 is 1.13 bits per heavy atom. The third kappa shape index (κ3) is 5.52. The van der Waals surface area contributed by atoms with Gasteiger partial charge in [0, 0.05) is 61.4 Å². The molecule has 160 valence electrons. The molecule has 0 unspecified atom stereocenters. The van der Waals surface area contributed by atoms with E-state index in [1.54, 1.807) is 18.5 Å². The second-order valence-electron chi connectivity index (χ2n) is 7.98. The number of aryl methyl sites for hydroxylation is 1. The molecule has 30 heavy (non-hydrogen) atoms. The summed E-state index contributed by atoms with van der Waals surface area (Å²) in [5.74, 6) is 1.28. The van der Waals surface area contributed by atoms with Crippen molar-refractivity contribution >= 4 is 17.5 Å². The second kappa shape index (κ2) is 9.95. The third-order valence-corrected chi connectivity index (χ3v) is 5.81. The van der Waals surface area contributed by atoms with E-state index in [0.717, 1.165) is 62.6 Å². The van der Waals surface area contributed by atoms with Gasteiger partial charge in [-0.05, 0) is 51.1 Å². The maximum atomic E-state index is 12.4. The number of nitrogens with one attached hydrogen (secondary N) is 1. The molecule has 2 aliphatic rings. The molecule has 4 heterocycles. The van der Waals surface area contributed by atoms with Gasteiger partial charge in [-0.3, -0.25) is 9.78 Å². The van der Waals surface area contributed by atoms with Crippen molar-refractivity contribution in [1.82, 2.24) is 24.8 Å². The quantitative estimate of drug-likeness (QED) is 0.783. The van der Waals surface area contributed by atoms with E-state index in [-0.39, 0.29) is 5.91 Å². The van der Waals surface area contributed by atoms with Crippen LogP contribution < -0.4 is 5.32 Å². The number of hydrogen-bond donors (Lipinski definition) is 1. The van der Waals surface area contributed by atoms with Crippen LogP contribution in [-0.2, 0) is 9.53 Å². The molecule has 2 aromatic heterocycles. The molecule has 0 aromatic carbocycles. The van der Waals surface area contributed by atoms with Crippen LogP contribution in [0.15, 0.2) is 30.6 Å². The normalized spacial score (nSPS) is 18.4. The molecule has 8 nitrogen and oxygen atoms in total. The Bertz CT molecular complexity index is 833. The van der Waals surface area contributed by atoms with Gasteiger partial charge in [0.2, 0.25) is 11.9 Å². The number of ether oxygens (including phenoxy) is 1. The summed E-state index contributed by atoms with van der Waals surface area (Å²) in [7, 11) is 0. The van der Waals surface area contributed by atoms with E-state index in [0.29, 0.717) is 31.5 Å². The Hall–Kier alpha value is -2.58. The van der Waals surface area contributed by atoms with E-state index in [2.05, 4.69) is 26.3 Å². The topological polar surface area (TPSA) is 83.5 Å². The van der Waals surface area contributed by atoms with Crippen LogP contribution in [-0.4, -0.2) is 76.6 Å². The van der Waals surface area contributed by atoms with E-state index >= 15 is 0 Å². The van der Waals surface area contributed by atoms with E-state index in [9.17, 15) is 4.79 Å². The molecule has 1 N–H and O–H groups in total. The molecule has 2 saturated heterocycles. The summed E-state index contributed by atoms with van der Waals surface area (Å²) >= 11 is 0. The van der Waals surface area contributed by atoms with Crippen LogP contribution in [0.25, 0.3) is 0 Å². The summed E-state index contributed by atoms with van der Waals surface area (Å²) in [6.45, 7) is 7.63. The van der Waals surface area contributed by atoms with Gasteiger partial charge in [0.25, 0.3) is 0 Å². The first-order chi connectivity index (χ1) is 14.7. The number of morpholine rings is 1. The largest absolute Gasteiger partial charge is 0.378 e. The summed E-state index contributed by atoms with van der Waals surface area (Å²) in [6.07, 6.45) is 6.17. The van der Waals surface area contributed by atoms with Crippen LogP contribution in [0.5, 0.6) is 0 Å². The minimum absolute atomic E-state index is 0.250. The number of likely N-dealkylation sites (tertiary alicyclic amines) is 1. The molecule has 0 bridgehead atoms. The summed E-state index contributed by atoms with van der Waals surface area (Å²) in [5, 5.41) is 3.27. The standard InChI is InChI=1S/C22H30N6O2/c1-17-15-19(26-22-23-6-2-7-24-22)16-20(25-17)18-3-8-27(9-4-18)10-5-21(29)28-11-13-30-14-12-28/h2,6-7,15-16,18H,3-5,8-14H2,1H3,(H,23,24,25,26). The molecular weight excluding hydrogens is 380 g/mol. The number of rotatable bonds is 6. The molecule has 8 heteroatoms. The van der Waals surface area contributed by atoms with Crippen molar-refractivity contribution in [3.8, 4) is 0 Å². The fraction of sp³-hybridized carbons (Fsp3) is 0.545. The highest BCUT2D eigenvalue weighted by Gasteiger charge is 2.24. The predicted molar refractivity (Wildman–Crippen MR) is 115 cm³/mol. The summed E-state index contributed by atoms with van der Waals surface area (Å²) < 4.78 is 5.33. The number of nitrogens with zero attached hydrogens (tertiary/aromatic N) is 5. The fourth-order valence-electron chi connectivity index (χ4n) is 4.15. The highest BCUT2D eigenvalue weighted by atomic mass is 16.5. The molecule has 0 spiro atoms. The lowest BCUT2D eigenvalue weighted by Gasteiger charge is -2.33. The van der Waals surface area contributed by atoms with Crippen molar-refractivity contribution in [2.24, 2.45) is 0 Å². The zero-order valence-electron chi connectivity index (χ0n) is 17.6. The number of piperidine rings is 1. The van der Waals surface area contributed by atoms with Crippen LogP contribution in [0.4, 0.5) is 11.6 Å². The van der Waals surface area contributed by atoms with Crippen LogP contribution >= 0.6 is 0 Å². The summed E-state index contributed by atoms with van der Waals surface area (Å²) in [4.78, 5) is 30.0. The number of hydrogen-bond acceptors (Lipinski definition) is 7. The van der Waals surface area contributed by atoms with Crippen LogP contribution in [0.2, 0.25) is 0 Å². The lowest BCUT2D eigenvalue weighted by Crippen LogP contribution is -2.42. The van der Waals surface area contributed by atoms with Gasteiger partial charge in [0.1, 0.15) is 0 Å². The van der Waals surface area contributed by atoms with Crippen molar-refractivity contribution in [2.75, 3.05) is 51.3 Å². The molecule has 2 aliphatic heterocycles. The number of amides is 1. The van der Waals surface area contributed by atoms with E-state index in [1.165, 1.54) is 0 Å². The lowest BCUT2D eigenvalue weighted by molar-refractivity contribution is -0.135. The van der Waals surface area contributed by atoms with Crippen molar-refractivity contribution in [1.29, 1.82) is 0 Å². The molecule has 0 radical (unpaired) electrons. The van der Waals surface area contributed by atoms with Crippen molar-refractivity contribution in [2.45, 2.75) is 32.1 Å². The number of carbonyl (C=O) groups excluding carboxylic acids is 1. The van der Waals surface area contributed by atoms with Gasteiger partial charge < -0.3 is 19.9 Å². The fourth-order valence-corrected chi connectivity index (χ4v) is 4.15. The van der Waals surface area contributed by atoms with Gasteiger partial charge >= 0.3 is 0 Å². The highest BCUT2D eigenvalue weighted by Crippen LogP contribution is 2.29. The zero-order valence-corrected chi connectivity index (χ0v) is 17.6. The molecular formula is C22H30N6O2. The van der Waals surface area contributed by atoms with Crippen molar-refractivity contribution in [3.05, 3.63) is 42.0 Å². The monoisotopic (exact) mass is 410 g/mol. The molecule has 2 fully saturated rings. The molecule has 0 aliphatic carbocycles. The Kier molecular flexibility index (Phi) is 6.86. The maximum absolute atomic E-state index is 12.4. The minimum Gasteiger partial charge on any atom is -0.378 e. The number of aromatic nitrogens is 3. The SMILES string of the molecule is Cc1cc(Nc2ncccn2)cc(C2CCN(CCC(=O)N3CCOCC3)CC2)n1. The average Bonchev–Trinajstić information content (AvgIpc) is 2.79. The van der Waals surface area contributed by atoms with E-state index < -0.39 is 0 Å². The van der Waals surface area contributed by atoms with Crippen LogP contribution in [0, 0.1) is 6.92 Å².